The average Bonchev–Trinajstić information content (AvgIpc) is 2.53. The summed E-state index contributed by atoms with van der Waals surface area (Å²) in [4.78, 5) is 34.6. The van der Waals surface area contributed by atoms with E-state index >= 15 is 0 Å². The van der Waals surface area contributed by atoms with Crippen molar-refractivity contribution in [2.24, 2.45) is 0 Å². The van der Waals surface area contributed by atoms with Crippen LogP contribution < -0.4 is 10.1 Å². The van der Waals surface area contributed by atoms with Crippen LogP contribution in [0, 0.1) is 5.82 Å². The quantitative estimate of drug-likeness (QED) is 0.826. The fraction of sp³-hybridized carbons (Fsp3) is 0.167. The molecule has 0 aliphatic heterocycles. The highest BCUT2D eigenvalue weighted by Crippen LogP contribution is 2.18. The van der Waals surface area contributed by atoms with Gasteiger partial charge in [0.15, 0.2) is 18.2 Å². The number of nitrogens with one attached hydrogen (secondary N) is 1. The van der Waals surface area contributed by atoms with Gasteiger partial charge in [-0.3, -0.25) is 14.4 Å². The Morgan fingerprint density at radius 2 is 1.67 bits per heavy atom. The maximum Gasteiger partial charge on any atom is 0.262 e. The normalized spacial score (nSPS) is 10.1. The van der Waals surface area contributed by atoms with Crippen LogP contribution in [0.4, 0.5) is 10.1 Å². The third kappa shape index (κ3) is 4.25. The molecule has 0 aliphatic rings. The van der Waals surface area contributed by atoms with Crippen LogP contribution in [-0.4, -0.2) is 24.1 Å². The highest BCUT2D eigenvalue weighted by atomic mass is 19.1. The second kappa shape index (κ2) is 7.50. The number of carbonyl (C=O) groups is 3. The third-order valence-electron chi connectivity index (χ3n) is 3.27. The van der Waals surface area contributed by atoms with E-state index < -0.39 is 17.5 Å². The van der Waals surface area contributed by atoms with Crippen LogP contribution >= 0.6 is 0 Å². The van der Waals surface area contributed by atoms with E-state index in [0.717, 1.165) is 6.07 Å². The zero-order valence-corrected chi connectivity index (χ0v) is 13.3. The number of ketones is 2. The van der Waals surface area contributed by atoms with Crippen molar-refractivity contribution in [1.29, 1.82) is 0 Å². The number of hydrogen-bond acceptors (Lipinski definition) is 4. The maximum absolute atomic E-state index is 13.7. The molecule has 0 unspecified atom stereocenters. The summed E-state index contributed by atoms with van der Waals surface area (Å²) in [5, 5.41) is 2.57. The van der Waals surface area contributed by atoms with Crippen molar-refractivity contribution >= 4 is 23.2 Å². The van der Waals surface area contributed by atoms with Crippen LogP contribution in [0.15, 0.2) is 42.5 Å². The number of para-hydroxylation sites is 1. The summed E-state index contributed by atoms with van der Waals surface area (Å²) in [5.41, 5.74) is 0.738. The molecule has 0 radical (unpaired) electrons. The van der Waals surface area contributed by atoms with Crippen LogP contribution in [0.3, 0.4) is 0 Å². The Hall–Kier alpha value is -3.02. The average molecular weight is 329 g/mol. The second-order valence-electron chi connectivity index (χ2n) is 5.14. The highest BCUT2D eigenvalue weighted by molar-refractivity contribution is 6.04. The zero-order chi connectivity index (χ0) is 17.7. The molecule has 5 nitrogen and oxygen atoms in total. The van der Waals surface area contributed by atoms with E-state index in [4.69, 9.17) is 4.74 Å². The lowest BCUT2D eigenvalue weighted by molar-refractivity contribution is -0.118. The van der Waals surface area contributed by atoms with E-state index in [2.05, 4.69) is 5.32 Å². The Morgan fingerprint density at radius 3 is 2.29 bits per heavy atom. The smallest absolute Gasteiger partial charge is 0.262 e. The molecule has 0 fully saturated rings. The lowest BCUT2D eigenvalue weighted by Gasteiger charge is -2.10. The molecule has 0 heterocycles. The number of ether oxygens (including phenoxy) is 1. The van der Waals surface area contributed by atoms with Crippen LogP contribution in [-0.2, 0) is 4.79 Å². The molecule has 0 saturated heterocycles. The first kappa shape index (κ1) is 17.3. The van der Waals surface area contributed by atoms with Gasteiger partial charge in [0.05, 0.1) is 11.3 Å². The van der Waals surface area contributed by atoms with Crippen molar-refractivity contribution in [2.45, 2.75) is 13.8 Å². The molecular weight excluding hydrogens is 313 g/mol. The Morgan fingerprint density at radius 1 is 1.00 bits per heavy atom. The Labute approximate surface area is 138 Å². The number of benzene rings is 2. The van der Waals surface area contributed by atoms with Gasteiger partial charge in [0.25, 0.3) is 5.91 Å². The molecule has 0 spiro atoms. The summed E-state index contributed by atoms with van der Waals surface area (Å²) < 4.78 is 18.9. The van der Waals surface area contributed by atoms with Gasteiger partial charge in [-0.15, -0.1) is 0 Å². The minimum Gasteiger partial charge on any atom is -0.484 e. The number of hydrogen-bond donors (Lipinski definition) is 1. The van der Waals surface area contributed by atoms with Gasteiger partial charge < -0.3 is 10.1 Å². The van der Waals surface area contributed by atoms with Crippen LogP contribution in [0.2, 0.25) is 0 Å². The first-order chi connectivity index (χ1) is 11.4. The molecule has 124 valence electrons. The standard InChI is InChI=1S/C18H16FNO4/c1-11(21)14-8-7-13(9-16(14)19)24-10-18(23)20-17-6-4-3-5-15(17)12(2)22/h3-9H,10H2,1-2H3,(H,20,23). The lowest BCUT2D eigenvalue weighted by atomic mass is 10.1. The van der Waals surface area contributed by atoms with Crippen LogP contribution in [0.25, 0.3) is 0 Å². The molecule has 2 rings (SSSR count). The van der Waals surface area contributed by atoms with Crippen molar-refractivity contribution in [3.8, 4) is 5.75 Å². The summed E-state index contributed by atoms with van der Waals surface area (Å²) in [6, 6.07) is 10.4. The zero-order valence-electron chi connectivity index (χ0n) is 13.3. The summed E-state index contributed by atoms with van der Waals surface area (Å²) in [6.45, 7) is 2.31. The van der Waals surface area contributed by atoms with E-state index in [-0.39, 0.29) is 23.7 Å². The second-order valence-corrected chi connectivity index (χ2v) is 5.14. The molecule has 0 saturated carbocycles. The minimum atomic E-state index is -0.706. The van der Waals surface area contributed by atoms with E-state index in [1.165, 1.54) is 26.0 Å². The van der Waals surface area contributed by atoms with Gasteiger partial charge in [-0.25, -0.2) is 4.39 Å². The first-order valence-electron chi connectivity index (χ1n) is 7.21. The summed E-state index contributed by atoms with van der Waals surface area (Å²) in [5.74, 6) is -1.62. The largest absolute Gasteiger partial charge is 0.484 e. The van der Waals surface area contributed by atoms with E-state index in [1.807, 2.05) is 0 Å². The van der Waals surface area contributed by atoms with Gasteiger partial charge >= 0.3 is 0 Å². The monoisotopic (exact) mass is 329 g/mol. The summed E-state index contributed by atoms with van der Waals surface area (Å²) in [6.07, 6.45) is 0. The van der Waals surface area contributed by atoms with Gasteiger partial charge in [0, 0.05) is 11.6 Å². The van der Waals surface area contributed by atoms with Crippen molar-refractivity contribution in [2.75, 3.05) is 11.9 Å². The van der Waals surface area contributed by atoms with E-state index in [9.17, 15) is 18.8 Å². The number of halogens is 1. The molecule has 1 amide bonds. The SMILES string of the molecule is CC(=O)c1ccc(OCC(=O)Nc2ccccc2C(C)=O)cc1F. The maximum atomic E-state index is 13.7. The third-order valence-corrected chi connectivity index (χ3v) is 3.27. The first-order valence-corrected chi connectivity index (χ1v) is 7.21. The molecule has 2 aromatic carbocycles. The molecule has 0 atom stereocenters. The summed E-state index contributed by atoms with van der Waals surface area (Å²) >= 11 is 0. The molecular formula is C18H16FNO4. The Kier molecular flexibility index (Phi) is 5.42. The van der Waals surface area contributed by atoms with Gasteiger partial charge in [-0.1, -0.05) is 12.1 Å². The lowest BCUT2D eigenvalue weighted by Crippen LogP contribution is -2.21. The fourth-order valence-corrected chi connectivity index (χ4v) is 2.11. The van der Waals surface area contributed by atoms with Gasteiger partial charge in [0.1, 0.15) is 11.6 Å². The fourth-order valence-electron chi connectivity index (χ4n) is 2.11. The number of carbonyl (C=O) groups excluding carboxylic acids is 3. The number of rotatable bonds is 6. The highest BCUT2D eigenvalue weighted by Gasteiger charge is 2.12. The number of Topliss-reactive ketones (excluding diaryl/α,β-unsaturated/α-hetero) is 2. The van der Waals surface area contributed by atoms with E-state index in [0.29, 0.717) is 11.3 Å². The minimum absolute atomic E-state index is 0.0396. The number of anilines is 1. The molecule has 1 N–H and O–H groups in total. The van der Waals surface area contributed by atoms with Crippen LogP contribution in [0.5, 0.6) is 5.75 Å². The van der Waals surface area contributed by atoms with Gasteiger partial charge in [0.2, 0.25) is 0 Å². The molecule has 2 aromatic rings. The topological polar surface area (TPSA) is 72.5 Å². The molecule has 0 aromatic heterocycles. The van der Waals surface area contributed by atoms with Crippen molar-refractivity contribution in [3.05, 3.63) is 59.4 Å². The molecule has 0 bridgehead atoms. The Bertz CT molecular complexity index is 801. The van der Waals surface area contributed by atoms with Crippen LogP contribution in [0.1, 0.15) is 34.6 Å². The van der Waals surface area contributed by atoms with Gasteiger partial charge in [-0.2, -0.15) is 0 Å². The summed E-state index contributed by atoms with van der Waals surface area (Å²) in [7, 11) is 0. The number of amides is 1. The van der Waals surface area contributed by atoms with Crippen molar-refractivity contribution in [3.63, 3.8) is 0 Å². The Balaban J connectivity index is 2.00. The van der Waals surface area contributed by atoms with E-state index in [1.54, 1.807) is 24.3 Å². The predicted molar refractivity (Wildman–Crippen MR) is 87.0 cm³/mol. The van der Waals surface area contributed by atoms with Crippen molar-refractivity contribution in [1.82, 2.24) is 0 Å². The van der Waals surface area contributed by atoms with Gasteiger partial charge in [-0.05, 0) is 38.1 Å². The molecule has 6 heteroatoms. The molecule has 0 aliphatic carbocycles. The molecule has 24 heavy (non-hydrogen) atoms. The predicted octanol–water partition coefficient (Wildman–Crippen LogP) is 3.25. The van der Waals surface area contributed by atoms with Crippen molar-refractivity contribution < 1.29 is 23.5 Å².